The molecule has 0 fully saturated rings. The monoisotopic (exact) mass is 516 g/mol. The zero-order valence-electron chi connectivity index (χ0n) is 17.2. The van der Waals surface area contributed by atoms with Crippen molar-refractivity contribution < 1.29 is 13.9 Å². The molecule has 0 aliphatic carbocycles. The molecule has 0 aromatic heterocycles. The molecule has 0 radical (unpaired) electrons. The number of nitrogens with zero attached hydrogens (tertiary/aromatic N) is 2. The average molecular weight is 516 g/mol. The molecule has 0 amide bonds. The zero-order valence-corrected chi connectivity index (χ0v) is 19.5. The van der Waals surface area contributed by atoms with E-state index in [0.29, 0.717) is 42.8 Å². The van der Waals surface area contributed by atoms with E-state index in [4.69, 9.17) is 15.2 Å². The van der Waals surface area contributed by atoms with Crippen LogP contribution in [0.4, 0.5) is 10.1 Å². The highest BCUT2D eigenvalue weighted by molar-refractivity contribution is 14.0. The van der Waals surface area contributed by atoms with Crippen molar-refractivity contribution in [2.24, 2.45) is 10.7 Å². The number of ether oxygens (including phenoxy) is 2. The number of halogens is 2. The van der Waals surface area contributed by atoms with Crippen LogP contribution in [0.3, 0.4) is 0 Å². The number of hydrogen-bond donors (Lipinski definition) is 2. The van der Waals surface area contributed by atoms with Crippen LogP contribution in [-0.2, 0) is 6.42 Å². The number of anilines is 1. The first kappa shape index (κ1) is 24.8. The highest BCUT2D eigenvalue weighted by Gasteiger charge is 2.06. The second kappa shape index (κ2) is 13.1. The first-order valence-electron chi connectivity index (χ1n) is 9.25. The van der Waals surface area contributed by atoms with Crippen LogP contribution in [-0.4, -0.2) is 46.9 Å². The molecule has 0 saturated carbocycles. The first-order chi connectivity index (χ1) is 13.5. The minimum absolute atomic E-state index is 0. The largest absolute Gasteiger partial charge is 0.493 e. The van der Waals surface area contributed by atoms with Crippen molar-refractivity contribution in [1.29, 1.82) is 0 Å². The Bertz CT molecular complexity index is 789. The molecule has 0 unspecified atom stereocenters. The number of nitrogens with two attached hydrogens (primary N) is 1. The van der Waals surface area contributed by atoms with Gasteiger partial charge in [-0.05, 0) is 42.7 Å². The predicted molar refractivity (Wildman–Crippen MR) is 127 cm³/mol. The predicted octanol–water partition coefficient (Wildman–Crippen LogP) is 3.43. The van der Waals surface area contributed by atoms with E-state index in [9.17, 15) is 4.39 Å². The van der Waals surface area contributed by atoms with Crippen LogP contribution in [0.5, 0.6) is 11.5 Å². The fourth-order valence-corrected chi connectivity index (χ4v) is 2.82. The molecule has 3 N–H and O–H groups in total. The van der Waals surface area contributed by atoms with E-state index >= 15 is 0 Å². The maximum absolute atomic E-state index is 13.7. The molecule has 8 heteroatoms. The van der Waals surface area contributed by atoms with Crippen LogP contribution in [0.25, 0.3) is 0 Å². The molecule has 0 spiro atoms. The minimum Gasteiger partial charge on any atom is -0.493 e. The van der Waals surface area contributed by atoms with Gasteiger partial charge in [-0.1, -0.05) is 18.2 Å². The number of guanidine groups is 1. The number of methoxy groups -OCH3 is 2. The second-order valence-corrected chi connectivity index (χ2v) is 6.36. The molecule has 0 saturated heterocycles. The lowest BCUT2D eigenvalue weighted by Crippen LogP contribution is -2.33. The van der Waals surface area contributed by atoms with Gasteiger partial charge >= 0.3 is 0 Å². The smallest absolute Gasteiger partial charge is 0.188 e. The molecule has 0 aliphatic heterocycles. The van der Waals surface area contributed by atoms with Gasteiger partial charge in [-0.3, -0.25) is 4.99 Å². The Balaban J connectivity index is 0.00000420. The Morgan fingerprint density at radius 3 is 2.55 bits per heavy atom. The van der Waals surface area contributed by atoms with Crippen molar-refractivity contribution in [3.63, 3.8) is 0 Å². The normalized spacial score (nSPS) is 10.8. The molecule has 0 bridgehead atoms. The van der Waals surface area contributed by atoms with Crippen LogP contribution in [0.1, 0.15) is 12.0 Å². The van der Waals surface area contributed by atoms with Crippen molar-refractivity contribution in [3.05, 3.63) is 53.8 Å². The van der Waals surface area contributed by atoms with Gasteiger partial charge in [0.15, 0.2) is 17.5 Å². The van der Waals surface area contributed by atoms with Crippen molar-refractivity contribution >= 4 is 35.6 Å². The Kier molecular flexibility index (Phi) is 11.2. The third-order valence-electron chi connectivity index (χ3n) is 4.37. The maximum atomic E-state index is 13.7. The summed E-state index contributed by atoms with van der Waals surface area (Å²) in [6.45, 7) is 1.94. The van der Waals surface area contributed by atoms with Gasteiger partial charge in [0.2, 0.25) is 0 Å². The molecular weight excluding hydrogens is 486 g/mol. The Morgan fingerprint density at radius 2 is 1.86 bits per heavy atom. The van der Waals surface area contributed by atoms with Crippen molar-refractivity contribution in [3.8, 4) is 11.5 Å². The molecule has 2 rings (SSSR count). The van der Waals surface area contributed by atoms with Crippen LogP contribution < -0.4 is 25.4 Å². The minimum atomic E-state index is -0.218. The lowest BCUT2D eigenvalue weighted by atomic mass is 10.1. The summed E-state index contributed by atoms with van der Waals surface area (Å²) < 4.78 is 24.3. The lowest BCUT2D eigenvalue weighted by molar-refractivity contribution is 0.354. The summed E-state index contributed by atoms with van der Waals surface area (Å²) >= 11 is 0. The van der Waals surface area contributed by atoms with Gasteiger partial charge in [0.25, 0.3) is 0 Å². The molecule has 160 valence electrons. The number of para-hydroxylation sites is 1. The standard InChI is InChI=1S/C21H29FN4O2.HI/c1-26(18-8-5-4-7-17(18)22)14-6-12-24-21(23)25-13-11-16-9-10-19(27-2)20(15-16)28-3;/h4-5,7-10,15H,6,11-14H2,1-3H3,(H3,23,24,25);1H. The quantitative estimate of drug-likeness (QED) is 0.219. The van der Waals surface area contributed by atoms with Crippen molar-refractivity contribution in [1.82, 2.24) is 5.32 Å². The lowest BCUT2D eigenvalue weighted by Gasteiger charge is -2.19. The Labute approximate surface area is 189 Å². The number of rotatable bonds is 10. The van der Waals surface area contributed by atoms with Crippen LogP contribution >= 0.6 is 24.0 Å². The molecule has 0 atom stereocenters. The molecular formula is C21H30FIN4O2. The molecule has 29 heavy (non-hydrogen) atoms. The summed E-state index contributed by atoms with van der Waals surface area (Å²) in [6.07, 6.45) is 1.56. The number of hydrogen-bond acceptors (Lipinski definition) is 4. The summed E-state index contributed by atoms with van der Waals surface area (Å²) in [5.41, 5.74) is 7.62. The first-order valence-corrected chi connectivity index (χ1v) is 9.25. The van der Waals surface area contributed by atoms with E-state index in [2.05, 4.69) is 10.3 Å². The summed E-state index contributed by atoms with van der Waals surface area (Å²) in [5.74, 6) is 1.61. The van der Waals surface area contributed by atoms with Gasteiger partial charge in [-0.25, -0.2) is 4.39 Å². The van der Waals surface area contributed by atoms with Gasteiger partial charge in [0.05, 0.1) is 19.9 Å². The SMILES string of the molecule is COc1ccc(CCNC(N)=NCCCN(C)c2ccccc2F)cc1OC.I. The summed E-state index contributed by atoms with van der Waals surface area (Å²) in [4.78, 5) is 6.20. The fourth-order valence-electron chi connectivity index (χ4n) is 2.82. The zero-order chi connectivity index (χ0) is 20.4. The van der Waals surface area contributed by atoms with Crippen molar-refractivity contribution in [2.75, 3.05) is 45.8 Å². The Hall–Kier alpha value is -2.23. The van der Waals surface area contributed by atoms with Gasteiger partial charge < -0.3 is 25.4 Å². The van der Waals surface area contributed by atoms with E-state index in [0.717, 1.165) is 18.4 Å². The van der Waals surface area contributed by atoms with Crippen LogP contribution in [0, 0.1) is 5.82 Å². The third kappa shape index (κ3) is 7.96. The van der Waals surface area contributed by atoms with Gasteiger partial charge in [-0.2, -0.15) is 0 Å². The number of nitrogens with one attached hydrogen (secondary N) is 1. The van der Waals surface area contributed by atoms with Gasteiger partial charge in [0, 0.05) is 26.7 Å². The van der Waals surface area contributed by atoms with E-state index in [-0.39, 0.29) is 29.8 Å². The summed E-state index contributed by atoms with van der Waals surface area (Å²) in [7, 11) is 5.10. The average Bonchev–Trinajstić information content (AvgIpc) is 2.71. The summed E-state index contributed by atoms with van der Waals surface area (Å²) in [6, 6.07) is 12.6. The van der Waals surface area contributed by atoms with Crippen LogP contribution in [0.2, 0.25) is 0 Å². The number of benzene rings is 2. The Morgan fingerprint density at radius 1 is 1.14 bits per heavy atom. The van der Waals surface area contributed by atoms with E-state index in [1.807, 2.05) is 36.2 Å². The maximum Gasteiger partial charge on any atom is 0.188 e. The number of aliphatic imine (C=N–C) groups is 1. The molecule has 2 aromatic rings. The van der Waals surface area contributed by atoms with E-state index in [1.54, 1.807) is 26.4 Å². The second-order valence-electron chi connectivity index (χ2n) is 6.36. The highest BCUT2D eigenvalue weighted by Crippen LogP contribution is 2.27. The van der Waals surface area contributed by atoms with E-state index < -0.39 is 0 Å². The summed E-state index contributed by atoms with van der Waals surface area (Å²) in [5, 5.41) is 3.11. The van der Waals surface area contributed by atoms with E-state index in [1.165, 1.54) is 6.07 Å². The molecule has 6 nitrogen and oxygen atoms in total. The molecule has 0 aliphatic rings. The molecule has 2 aromatic carbocycles. The third-order valence-corrected chi connectivity index (χ3v) is 4.37. The molecule has 0 heterocycles. The highest BCUT2D eigenvalue weighted by atomic mass is 127. The topological polar surface area (TPSA) is 72.1 Å². The van der Waals surface area contributed by atoms with Crippen molar-refractivity contribution in [2.45, 2.75) is 12.8 Å². The van der Waals surface area contributed by atoms with Gasteiger partial charge in [-0.15, -0.1) is 24.0 Å². The fraction of sp³-hybridized carbons (Fsp3) is 0.381. The van der Waals surface area contributed by atoms with Gasteiger partial charge in [0.1, 0.15) is 5.82 Å². The van der Waals surface area contributed by atoms with Crippen LogP contribution in [0.15, 0.2) is 47.5 Å².